The number of aromatic hydroxyl groups is 1. The number of rotatable bonds is 9. The third kappa shape index (κ3) is 4.64. The van der Waals surface area contributed by atoms with Crippen molar-refractivity contribution in [2.24, 2.45) is 0 Å². The third-order valence-electron chi connectivity index (χ3n) is 4.22. The van der Waals surface area contributed by atoms with Gasteiger partial charge in [-0.3, -0.25) is 4.79 Å². The van der Waals surface area contributed by atoms with Gasteiger partial charge < -0.3 is 14.8 Å². The molecular weight excluding hydrogens is 314 g/mol. The lowest BCUT2D eigenvalue weighted by molar-refractivity contribution is -0.137. The molecule has 0 bridgehead atoms. The van der Waals surface area contributed by atoms with Crippen LogP contribution >= 0.6 is 11.6 Å². The van der Waals surface area contributed by atoms with Crippen LogP contribution < -0.4 is 0 Å². The Kier molecular flexibility index (Phi) is 6.34. The normalized spacial score (nSPS) is 12.6. The van der Waals surface area contributed by atoms with Crippen molar-refractivity contribution in [3.8, 4) is 5.75 Å². The van der Waals surface area contributed by atoms with Gasteiger partial charge in [-0.15, -0.1) is 0 Å². The van der Waals surface area contributed by atoms with E-state index in [2.05, 4.69) is 6.92 Å². The van der Waals surface area contributed by atoms with Crippen LogP contribution in [0, 0.1) is 0 Å². The van der Waals surface area contributed by atoms with Crippen LogP contribution in [0.4, 0.5) is 0 Å². The number of unbranched alkanes of at least 4 members (excludes halogenated alkanes) is 4. The Balaban J connectivity index is 2.21. The highest BCUT2D eigenvalue weighted by molar-refractivity contribution is 6.31. The van der Waals surface area contributed by atoms with Crippen molar-refractivity contribution in [3.05, 3.63) is 29.4 Å². The quantitative estimate of drug-likeness (QED) is 0.604. The minimum absolute atomic E-state index is 0.0451. The molecule has 1 aromatic carbocycles. The summed E-state index contributed by atoms with van der Waals surface area (Å²) < 4.78 is 1.87. The van der Waals surface area contributed by atoms with E-state index in [-0.39, 0.29) is 18.2 Å². The lowest BCUT2D eigenvalue weighted by atomic mass is 10.0. The Bertz CT molecular complexity index is 666. The Hall–Kier alpha value is -1.68. The van der Waals surface area contributed by atoms with Crippen molar-refractivity contribution in [2.75, 3.05) is 0 Å². The molecule has 0 radical (unpaired) electrons. The summed E-state index contributed by atoms with van der Waals surface area (Å²) >= 11 is 6.06. The van der Waals surface area contributed by atoms with E-state index in [1.807, 2.05) is 4.57 Å². The van der Waals surface area contributed by atoms with Gasteiger partial charge >= 0.3 is 5.97 Å². The van der Waals surface area contributed by atoms with Gasteiger partial charge in [-0.25, -0.2) is 0 Å². The van der Waals surface area contributed by atoms with E-state index < -0.39 is 5.97 Å². The van der Waals surface area contributed by atoms with Crippen molar-refractivity contribution in [1.82, 2.24) is 4.57 Å². The highest BCUT2D eigenvalue weighted by atomic mass is 35.5. The summed E-state index contributed by atoms with van der Waals surface area (Å²) in [4.78, 5) is 11.2. The molecule has 0 aliphatic rings. The van der Waals surface area contributed by atoms with Gasteiger partial charge in [0.25, 0.3) is 0 Å². The molecule has 0 fully saturated rings. The maximum Gasteiger partial charge on any atom is 0.305 e. The molecule has 2 rings (SSSR count). The van der Waals surface area contributed by atoms with Gasteiger partial charge in [0, 0.05) is 22.6 Å². The third-order valence-corrected chi connectivity index (χ3v) is 4.45. The summed E-state index contributed by atoms with van der Waals surface area (Å²) in [5, 5.41) is 20.6. The Morgan fingerprint density at radius 3 is 2.70 bits per heavy atom. The van der Waals surface area contributed by atoms with Gasteiger partial charge in [0.05, 0.1) is 11.9 Å². The van der Waals surface area contributed by atoms with E-state index in [9.17, 15) is 15.0 Å². The molecule has 126 valence electrons. The largest absolute Gasteiger partial charge is 0.506 e. The standard InChI is InChI=1S/C18H24ClNO3/c1-2-3-4-5-6-7-14(11-18(22)23)20-12-17(21)15-9-8-13(19)10-16(15)20/h8-10,12,14,21H,2-7,11H2,1H3,(H,22,23). The number of aromatic nitrogens is 1. The van der Waals surface area contributed by atoms with E-state index in [0.29, 0.717) is 10.4 Å². The number of carboxylic acid groups (broad SMARTS) is 1. The second-order valence-electron chi connectivity index (χ2n) is 6.04. The van der Waals surface area contributed by atoms with E-state index in [1.165, 1.54) is 19.3 Å². The first-order valence-electron chi connectivity index (χ1n) is 8.23. The molecule has 23 heavy (non-hydrogen) atoms. The first kappa shape index (κ1) is 17.7. The zero-order valence-corrected chi connectivity index (χ0v) is 14.2. The summed E-state index contributed by atoms with van der Waals surface area (Å²) in [5.41, 5.74) is 0.787. The van der Waals surface area contributed by atoms with Gasteiger partial charge in [-0.05, 0) is 24.6 Å². The molecule has 5 heteroatoms. The molecule has 0 saturated heterocycles. The number of benzene rings is 1. The van der Waals surface area contributed by atoms with Crippen LogP contribution in [0.1, 0.15) is 57.9 Å². The second-order valence-corrected chi connectivity index (χ2v) is 6.47. The fourth-order valence-corrected chi connectivity index (χ4v) is 3.20. The SMILES string of the molecule is CCCCCCCC(CC(=O)O)n1cc(O)c2ccc(Cl)cc21. The van der Waals surface area contributed by atoms with E-state index >= 15 is 0 Å². The van der Waals surface area contributed by atoms with Gasteiger partial charge in [0.2, 0.25) is 0 Å². The molecule has 1 unspecified atom stereocenters. The van der Waals surface area contributed by atoms with Crippen LogP contribution in [0.5, 0.6) is 5.75 Å². The highest BCUT2D eigenvalue weighted by Crippen LogP contribution is 2.34. The van der Waals surface area contributed by atoms with Gasteiger partial charge in [-0.2, -0.15) is 0 Å². The molecule has 2 aromatic rings. The molecule has 4 nitrogen and oxygen atoms in total. The molecule has 1 atom stereocenters. The first-order valence-corrected chi connectivity index (χ1v) is 8.61. The monoisotopic (exact) mass is 337 g/mol. The van der Waals surface area contributed by atoms with E-state index in [0.717, 1.165) is 24.8 Å². The van der Waals surface area contributed by atoms with Gasteiger partial charge in [0.1, 0.15) is 5.75 Å². The molecule has 1 aromatic heterocycles. The van der Waals surface area contributed by atoms with Crippen LogP contribution in [0.3, 0.4) is 0 Å². The van der Waals surface area contributed by atoms with Crippen molar-refractivity contribution in [2.45, 2.75) is 57.9 Å². The number of carboxylic acids is 1. The topological polar surface area (TPSA) is 62.5 Å². The lowest BCUT2D eigenvalue weighted by Crippen LogP contribution is -2.13. The molecule has 0 aliphatic carbocycles. The van der Waals surface area contributed by atoms with Crippen LogP contribution in [0.25, 0.3) is 10.9 Å². The van der Waals surface area contributed by atoms with Gasteiger partial charge in [-0.1, -0.05) is 50.6 Å². The van der Waals surface area contributed by atoms with Crippen LogP contribution in [-0.2, 0) is 4.79 Å². The van der Waals surface area contributed by atoms with Crippen molar-refractivity contribution < 1.29 is 15.0 Å². The van der Waals surface area contributed by atoms with Crippen molar-refractivity contribution >= 4 is 28.5 Å². The zero-order valence-electron chi connectivity index (χ0n) is 13.5. The van der Waals surface area contributed by atoms with Gasteiger partial charge in [0.15, 0.2) is 0 Å². The molecular formula is C18H24ClNO3. The smallest absolute Gasteiger partial charge is 0.305 e. The number of nitrogens with zero attached hydrogens (tertiary/aromatic N) is 1. The summed E-state index contributed by atoms with van der Waals surface area (Å²) in [5.74, 6) is -0.662. The molecule has 0 aliphatic heterocycles. The van der Waals surface area contributed by atoms with Crippen molar-refractivity contribution in [1.29, 1.82) is 0 Å². The highest BCUT2D eigenvalue weighted by Gasteiger charge is 2.19. The number of hydrogen-bond donors (Lipinski definition) is 2. The maximum absolute atomic E-state index is 11.2. The second kappa shape index (κ2) is 8.25. The summed E-state index contributed by atoms with van der Waals surface area (Å²) in [6.07, 6.45) is 8.13. The Morgan fingerprint density at radius 2 is 2.00 bits per heavy atom. The molecule has 0 amide bonds. The van der Waals surface area contributed by atoms with Crippen LogP contribution in [-0.4, -0.2) is 20.7 Å². The maximum atomic E-state index is 11.2. The molecule has 2 N–H and O–H groups in total. The minimum atomic E-state index is -0.827. The fourth-order valence-electron chi connectivity index (χ4n) is 3.03. The minimum Gasteiger partial charge on any atom is -0.506 e. The number of aliphatic carboxylic acids is 1. The number of carbonyl (C=O) groups is 1. The number of halogens is 1. The first-order chi connectivity index (χ1) is 11.0. The summed E-state index contributed by atoms with van der Waals surface area (Å²) in [6, 6.07) is 5.10. The summed E-state index contributed by atoms with van der Waals surface area (Å²) in [7, 11) is 0. The predicted octanol–water partition coefficient (Wildman–Crippen LogP) is 5.38. The van der Waals surface area contributed by atoms with E-state index in [1.54, 1.807) is 24.4 Å². The predicted molar refractivity (Wildman–Crippen MR) is 93.3 cm³/mol. The zero-order chi connectivity index (χ0) is 16.8. The van der Waals surface area contributed by atoms with E-state index in [4.69, 9.17) is 11.6 Å². The number of hydrogen-bond acceptors (Lipinski definition) is 2. The fraction of sp³-hybridized carbons (Fsp3) is 0.500. The lowest BCUT2D eigenvalue weighted by Gasteiger charge is -2.18. The average molecular weight is 338 g/mol. The van der Waals surface area contributed by atoms with Crippen LogP contribution in [0.2, 0.25) is 5.02 Å². The average Bonchev–Trinajstić information content (AvgIpc) is 2.82. The molecule has 0 saturated carbocycles. The summed E-state index contributed by atoms with van der Waals surface area (Å²) in [6.45, 7) is 2.17. The molecule has 0 spiro atoms. The number of fused-ring (bicyclic) bond motifs is 1. The Labute approximate surface area is 141 Å². The Morgan fingerprint density at radius 1 is 1.26 bits per heavy atom. The van der Waals surface area contributed by atoms with Crippen molar-refractivity contribution in [3.63, 3.8) is 0 Å². The molecule has 1 heterocycles. The van der Waals surface area contributed by atoms with Crippen LogP contribution in [0.15, 0.2) is 24.4 Å².